The summed E-state index contributed by atoms with van der Waals surface area (Å²) in [4.78, 5) is 24.9. The molecule has 0 radical (unpaired) electrons. The maximum absolute atomic E-state index is 13.1. The van der Waals surface area contributed by atoms with Crippen LogP contribution in [0.4, 0.5) is 17.2 Å². The number of hydrogen-bond acceptors (Lipinski definition) is 5. The number of amides is 1. The quantitative estimate of drug-likeness (QED) is 0.362. The van der Waals surface area contributed by atoms with Crippen LogP contribution in [-0.2, 0) is 12.0 Å². The average Bonchev–Trinajstić information content (AvgIpc) is 3.26. The zero-order valence-corrected chi connectivity index (χ0v) is 18.0. The molecule has 1 aliphatic heterocycles. The number of hydrogen-bond donors (Lipinski definition) is 4. The Labute approximate surface area is 189 Å². The van der Waals surface area contributed by atoms with Gasteiger partial charge in [-0.3, -0.25) is 4.79 Å². The van der Waals surface area contributed by atoms with E-state index in [-0.39, 0.29) is 11.3 Å². The number of rotatable bonds is 5. The maximum atomic E-state index is 13.1. The van der Waals surface area contributed by atoms with Crippen molar-refractivity contribution in [1.29, 1.82) is 0 Å². The first-order valence-corrected chi connectivity index (χ1v) is 10.6. The van der Waals surface area contributed by atoms with Gasteiger partial charge in [0.05, 0.1) is 5.56 Å². The Morgan fingerprint density at radius 2 is 2.09 bits per heavy atom. The highest BCUT2D eigenvalue weighted by atomic mass is 16.1. The van der Waals surface area contributed by atoms with Crippen LogP contribution in [0.25, 0.3) is 11.0 Å². The van der Waals surface area contributed by atoms with Gasteiger partial charge < -0.3 is 20.9 Å². The molecule has 0 aliphatic carbocycles. The van der Waals surface area contributed by atoms with Crippen LogP contribution in [0.5, 0.6) is 0 Å². The van der Waals surface area contributed by atoms with E-state index < -0.39 is 6.50 Å². The Balaban J connectivity index is 1.36. The van der Waals surface area contributed by atoms with E-state index in [1.807, 2.05) is 44.3 Å². The zero-order valence-electron chi connectivity index (χ0n) is 20.0. The zero-order chi connectivity index (χ0) is 23.9. The van der Waals surface area contributed by atoms with Crippen LogP contribution in [0.1, 0.15) is 44.5 Å². The number of fused-ring (bicyclic) bond motifs is 2. The molecular weight excluding hydrogens is 400 g/mol. The molecule has 0 unspecified atom stereocenters. The van der Waals surface area contributed by atoms with Crippen LogP contribution in [0.15, 0.2) is 61.1 Å². The van der Waals surface area contributed by atoms with Gasteiger partial charge in [0.15, 0.2) is 0 Å². The highest BCUT2D eigenvalue weighted by Gasteiger charge is 2.27. The Bertz CT molecular complexity index is 1380. The molecule has 3 aromatic heterocycles. The van der Waals surface area contributed by atoms with E-state index in [4.69, 9.17) is 2.74 Å². The van der Waals surface area contributed by atoms with Crippen LogP contribution in [0.2, 0.25) is 0 Å². The van der Waals surface area contributed by atoms with Crippen molar-refractivity contribution in [2.24, 2.45) is 0 Å². The molecule has 4 heterocycles. The van der Waals surface area contributed by atoms with Crippen molar-refractivity contribution in [3.8, 4) is 0 Å². The standard InChI is InChI=1S/C25H26N6O/c1-25(2)9-13-26-21-14-17(5-6-20(21)25)31-24(32)19-4-3-10-27-23(19)30-15-16-7-11-28-22-18(16)8-12-29-22/h3-8,10-12,14,26H,9,13,15H2,1-2H3,(H,27,30)(H,28,29)(H,31,32)/i13D2. The molecule has 0 saturated heterocycles. The third-order valence-electron chi connectivity index (χ3n) is 5.81. The summed E-state index contributed by atoms with van der Waals surface area (Å²) in [5.74, 6) is 0.184. The topological polar surface area (TPSA) is 94.7 Å². The number of pyridine rings is 2. The second-order valence-corrected chi connectivity index (χ2v) is 8.54. The third kappa shape index (κ3) is 3.77. The normalized spacial score (nSPS) is 16.9. The number of carbonyl (C=O) groups is 1. The fourth-order valence-corrected chi connectivity index (χ4v) is 4.05. The van der Waals surface area contributed by atoms with E-state index in [9.17, 15) is 4.79 Å². The lowest BCUT2D eigenvalue weighted by Gasteiger charge is -2.33. The van der Waals surface area contributed by atoms with Gasteiger partial charge in [0, 0.05) is 51.1 Å². The molecule has 1 aromatic carbocycles. The predicted octanol–water partition coefficient (Wildman–Crippen LogP) is 4.92. The lowest BCUT2D eigenvalue weighted by atomic mass is 9.78. The van der Waals surface area contributed by atoms with Gasteiger partial charge in [-0.1, -0.05) is 19.9 Å². The number of carbonyl (C=O) groups excluding carboxylic acids is 1. The number of aromatic nitrogens is 3. The van der Waals surface area contributed by atoms with Crippen molar-refractivity contribution in [2.45, 2.75) is 32.2 Å². The summed E-state index contributed by atoms with van der Waals surface area (Å²) in [5, 5.41) is 10.2. The summed E-state index contributed by atoms with van der Waals surface area (Å²) in [5.41, 5.74) is 4.26. The minimum atomic E-state index is -1.52. The molecule has 5 rings (SSSR count). The van der Waals surface area contributed by atoms with E-state index in [1.165, 1.54) is 0 Å². The molecule has 162 valence electrons. The summed E-state index contributed by atoms with van der Waals surface area (Å²) >= 11 is 0. The highest BCUT2D eigenvalue weighted by molar-refractivity contribution is 6.07. The maximum Gasteiger partial charge on any atom is 0.259 e. The molecule has 0 spiro atoms. The van der Waals surface area contributed by atoms with Crippen LogP contribution in [0, 0.1) is 0 Å². The fourth-order valence-electron chi connectivity index (χ4n) is 4.05. The van der Waals surface area contributed by atoms with E-state index in [0.717, 1.165) is 22.2 Å². The fraction of sp³-hybridized carbons (Fsp3) is 0.240. The summed E-state index contributed by atoms with van der Waals surface area (Å²) in [6, 6.07) is 12.9. The first-order valence-electron chi connectivity index (χ1n) is 11.6. The SMILES string of the molecule is [2H]C1([2H])CC(C)(C)c2ccc(NC(=O)c3cccnc3NCc3ccnc4[nH]ccc34)cc2N1. The molecule has 4 N–H and O–H groups in total. The second-order valence-electron chi connectivity index (χ2n) is 8.54. The van der Waals surface area contributed by atoms with E-state index in [1.54, 1.807) is 30.6 Å². The first-order chi connectivity index (χ1) is 16.2. The van der Waals surface area contributed by atoms with Gasteiger partial charge in [0.1, 0.15) is 11.5 Å². The molecule has 0 bridgehead atoms. The molecule has 7 nitrogen and oxygen atoms in total. The lowest BCUT2D eigenvalue weighted by Crippen LogP contribution is -2.28. The van der Waals surface area contributed by atoms with Gasteiger partial charge in [-0.2, -0.15) is 0 Å². The summed E-state index contributed by atoms with van der Waals surface area (Å²) in [6.45, 7) is 3.03. The molecule has 4 aromatic rings. The molecule has 32 heavy (non-hydrogen) atoms. The van der Waals surface area contributed by atoms with Crippen molar-refractivity contribution in [2.75, 3.05) is 22.4 Å². The molecule has 0 fully saturated rings. The smallest absolute Gasteiger partial charge is 0.259 e. The number of H-pyrrole nitrogens is 1. The monoisotopic (exact) mass is 428 g/mol. The Morgan fingerprint density at radius 1 is 1.19 bits per heavy atom. The summed E-state index contributed by atoms with van der Waals surface area (Å²) in [6.07, 6.45) is 5.61. The molecule has 1 aliphatic rings. The molecule has 0 saturated carbocycles. The summed E-state index contributed by atoms with van der Waals surface area (Å²) in [7, 11) is 0. The molecule has 7 heteroatoms. The number of nitrogens with one attached hydrogen (secondary N) is 4. The average molecular weight is 429 g/mol. The van der Waals surface area contributed by atoms with E-state index in [2.05, 4.69) is 30.9 Å². The lowest BCUT2D eigenvalue weighted by molar-refractivity contribution is 0.102. The second kappa shape index (κ2) is 8.00. The van der Waals surface area contributed by atoms with Crippen molar-refractivity contribution >= 4 is 34.1 Å². The predicted molar refractivity (Wildman–Crippen MR) is 128 cm³/mol. The highest BCUT2D eigenvalue weighted by Crippen LogP contribution is 2.37. The van der Waals surface area contributed by atoms with Gasteiger partial charge in [-0.05, 0) is 59.4 Å². The van der Waals surface area contributed by atoms with Gasteiger partial charge >= 0.3 is 0 Å². The van der Waals surface area contributed by atoms with Gasteiger partial charge in [0.25, 0.3) is 5.91 Å². The van der Waals surface area contributed by atoms with Gasteiger partial charge in [-0.25, -0.2) is 9.97 Å². The van der Waals surface area contributed by atoms with Crippen LogP contribution >= 0.6 is 0 Å². The van der Waals surface area contributed by atoms with Crippen molar-refractivity contribution < 1.29 is 7.54 Å². The van der Waals surface area contributed by atoms with E-state index in [0.29, 0.717) is 35.7 Å². The molecule has 1 amide bonds. The number of benzene rings is 1. The van der Waals surface area contributed by atoms with Crippen LogP contribution in [-0.4, -0.2) is 27.4 Å². The van der Waals surface area contributed by atoms with Gasteiger partial charge in [-0.15, -0.1) is 0 Å². The minimum Gasteiger partial charge on any atom is -0.385 e. The molecular formula is C25H26N6O. The Kier molecular flexibility index (Phi) is 4.44. The number of nitrogens with zero attached hydrogens (tertiary/aromatic N) is 2. The number of anilines is 3. The first kappa shape index (κ1) is 17.8. The number of aromatic amines is 1. The van der Waals surface area contributed by atoms with Crippen LogP contribution in [0.3, 0.4) is 0 Å². The van der Waals surface area contributed by atoms with Crippen molar-refractivity contribution in [3.63, 3.8) is 0 Å². The van der Waals surface area contributed by atoms with Crippen molar-refractivity contribution in [1.82, 2.24) is 15.0 Å². The Morgan fingerprint density at radius 3 is 3.00 bits per heavy atom. The van der Waals surface area contributed by atoms with Crippen molar-refractivity contribution in [3.05, 3.63) is 77.7 Å². The van der Waals surface area contributed by atoms with Crippen LogP contribution < -0.4 is 16.0 Å². The largest absolute Gasteiger partial charge is 0.385 e. The van der Waals surface area contributed by atoms with Gasteiger partial charge in [0.2, 0.25) is 0 Å². The minimum absolute atomic E-state index is 0.296. The molecule has 0 atom stereocenters. The van der Waals surface area contributed by atoms with E-state index >= 15 is 0 Å². The third-order valence-corrected chi connectivity index (χ3v) is 5.81. The summed E-state index contributed by atoms with van der Waals surface area (Å²) < 4.78 is 16.4. The Hall–Kier alpha value is -3.87.